The molecule has 1 N–H and O–H groups in total. The van der Waals surface area contributed by atoms with Crippen LogP contribution in [0.4, 0.5) is 0 Å². The number of carboxylic acid groups (broad SMARTS) is 1. The molecule has 3 nitrogen and oxygen atoms in total. The Balaban J connectivity index is 2.81. The Bertz CT molecular complexity index is 510. The summed E-state index contributed by atoms with van der Waals surface area (Å²) in [5.74, 6) is -0.918. The maximum Gasteiger partial charge on any atom is 0.336 e. The second-order valence-electron chi connectivity index (χ2n) is 2.81. The van der Waals surface area contributed by atoms with E-state index < -0.39 is 5.97 Å². The van der Waals surface area contributed by atoms with Gasteiger partial charge in [-0.2, -0.15) is 0 Å². The number of fused-ring (bicyclic) bond motifs is 1. The van der Waals surface area contributed by atoms with Crippen LogP contribution in [0, 0.1) is 3.70 Å². The van der Waals surface area contributed by atoms with Gasteiger partial charge in [-0.3, -0.25) is 0 Å². The normalized spacial score (nSPS) is 10.4. The van der Waals surface area contributed by atoms with Crippen molar-refractivity contribution in [2.75, 3.05) is 0 Å². The number of aromatic nitrogens is 1. The number of pyridine rings is 1. The maximum absolute atomic E-state index is 10.9. The number of nitrogens with zero attached hydrogens (tertiary/aromatic N) is 1. The Kier molecular flexibility index (Phi) is 2.37. The zero-order valence-corrected chi connectivity index (χ0v) is 9.22. The zero-order chi connectivity index (χ0) is 10.1. The van der Waals surface area contributed by atoms with Gasteiger partial charge in [0.1, 0.15) is 3.70 Å². The van der Waals surface area contributed by atoms with Gasteiger partial charge < -0.3 is 5.11 Å². The highest BCUT2D eigenvalue weighted by atomic mass is 127. The molecule has 0 atom stereocenters. The van der Waals surface area contributed by atoms with Gasteiger partial charge in [-0.25, -0.2) is 9.78 Å². The highest BCUT2D eigenvalue weighted by molar-refractivity contribution is 14.1. The largest absolute Gasteiger partial charge is 0.478 e. The van der Waals surface area contributed by atoms with E-state index in [-0.39, 0.29) is 0 Å². The lowest BCUT2D eigenvalue weighted by Crippen LogP contribution is -1.97. The van der Waals surface area contributed by atoms with E-state index >= 15 is 0 Å². The third-order valence-electron chi connectivity index (χ3n) is 1.93. The number of halogens is 1. The van der Waals surface area contributed by atoms with Gasteiger partial charge in [-0.1, -0.05) is 6.07 Å². The molecule has 1 heterocycles. The molecule has 0 fully saturated rings. The minimum Gasteiger partial charge on any atom is -0.478 e. The first-order valence-corrected chi connectivity index (χ1v) is 5.05. The molecule has 2 aromatic rings. The quantitative estimate of drug-likeness (QED) is 0.650. The molecule has 0 spiro atoms. The molecule has 0 aliphatic rings. The maximum atomic E-state index is 10.9. The van der Waals surface area contributed by atoms with Crippen molar-refractivity contribution in [2.45, 2.75) is 0 Å². The summed E-state index contributed by atoms with van der Waals surface area (Å²) in [4.78, 5) is 15.1. The molecule has 0 bridgehead atoms. The third kappa shape index (κ3) is 1.57. The number of rotatable bonds is 1. The third-order valence-corrected chi connectivity index (χ3v) is 2.53. The molecule has 0 saturated heterocycles. The van der Waals surface area contributed by atoms with Crippen molar-refractivity contribution in [1.82, 2.24) is 4.98 Å². The molecule has 14 heavy (non-hydrogen) atoms. The number of aromatic carboxylic acids is 1. The average molecular weight is 299 g/mol. The van der Waals surface area contributed by atoms with E-state index in [2.05, 4.69) is 27.6 Å². The summed E-state index contributed by atoms with van der Waals surface area (Å²) in [6.45, 7) is 0. The average Bonchev–Trinajstić information content (AvgIpc) is 2.16. The fourth-order valence-corrected chi connectivity index (χ4v) is 1.76. The van der Waals surface area contributed by atoms with Gasteiger partial charge in [0.05, 0.1) is 11.1 Å². The van der Waals surface area contributed by atoms with Gasteiger partial charge in [0.2, 0.25) is 0 Å². The molecule has 1 aromatic carbocycles. The van der Waals surface area contributed by atoms with Gasteiger partial charge in [0.15, 0.2) is 0 Å². The van der Waals surface area contributed by atoms with Gasteiger partial charge in [0, 0.05) is 5.39 Å². The molecule has 70 valence electrons. The molecule has 2 rings (SSSR count). The van der Waals surface area contributed by atoms with Crippen LogP contribution in [0.1, 0.15) is 10.4 Å². The van der Waals surface area contributed by atoms with Crippen LogP contribution in [-0.2, 0) is 0 Å². The smallest absolute Gasteiger partial charge is 0.336 e. The van der Waals surface area contributed by atoms with Gasteiger partial charge in [-0.15, -0.1) is 0 Å². The minimum absolute atomic E-state index is 0.298. The first-order chi connectivity index (χ1) is 6.68. The Hall–Kier alpha value is -1.17. The summed E-state index contributed by atoms with van der Waals surface area (Å²) in [6.07, 6.45) is 0. The van der Waals surface area contributed by atoms with Crippen molar-refractivity contribution < 1.29 is 9.90 Å². The van der Waals surface area contributed by atoms with E-state index in [1.165, 1.54) is 0 Å². The SMILES string of the molecule is O=C(O)c1cccc2nc(I)ccc12. The fourth-order valence-electron chi connectivity index (χ4n) is 1.32. The standard InChI is InChI=1S/C10H6INO2/c11-9-5-4-6-7(10(13)14)2-1-3-8(6)12-9/h1-5H,(H,13,14). The first kappa shape index (κ1) is 9.39. The number of benzene rings is 1. The molecule has 0 aliphatic carbocycles. The van der Waals surface area contributed by atoms with Crippen molar-refractivity contribution in [3.05, 3.63) is 39.6 Å². The lowest BCUT2D eigenvalue weighted by molar-refractivity contribution is 0.0699. The van der Waals surface area contributed by atoms with Gasteiger partial charge >= 0.3 is 5.97 Å². The molecule has 1 aromatic heterocycles. The molecule has 0 saturated carbocycles. The summed E-state index contributed by atoms with van der Waals surface area (Å²) in [5, 5.41) is 9.60. The van der Waals surface area contributed by atoms with Crippen molar-refractivity contribution in [3.63, 3.8) is 0 Å². The van der Waals surface area contributed by atoms with E-state index in [9.17, 15) is 4.79 Å². The number of carboxylic acids is 1. The number of hydrogen-bond acceptors (Lipinski definition) is 2. The van der Waals surface area contributed by atoms with Crippen LogP contribution >= 0.6 is 22.6 Å². The monoisotopic (exact) mass is 299 g/mol. The minimum atomic E-state index is -0.918. The second-order valence-corrected chi connectivity index (χ2v) is 3.92. The van der Waals surface area contributed by atoms with E-state index in [0.717, 1.165) is 9.22 Å². The fraction of sp³-hybridized carbons (Fsp3) is 0. The van der Waals surface area contributed by atoms with Crippen LogP contribution in [0.2, 0.25) is 0 Å². The van der Waals surface area contributed by atoms with E-state index in [0.29, 0.717) is 10.9 Å². The molecular formula is C10H6INO2. The van der Waals surface area contributed by atoms with Crippen LogP contribution in [0.15, 0.2) is 30.3 Å². The van der Waals surface area contributed by atoms with E-state index in [1.807, 2.05) is 6.07 Å². The topological polar surface area (TPSA) is 50.2 Å². The number of hydrogen-bond donors (Lipinski definition) is 1. The highest BCUT2D eigenvalue weighted by Crippen LogP contribution is 2.18. The molecular weight excluding hydrogens is 293 g/mol. The Morgan fingerprint density at radius 2 is 2.07 bits per heavy atom. The van der Waals surface area contributed by atoms with Crippen LogP contribution in [0.5, 0.6) is 0 Å². The van der Waals surface area contributed by atoms with E-state index in [1.54, 1.807) is 24.3 Å². The van der Waals surface area contributed by atoms with Crippen LogP contribution < -0.4 is 0 Å². The molecule has 0 unspecified atom stereocenters. The summed E-state index contributed by atoms with van der Waals surface area (Å²) in [6, 6.07) is 8.68. The lowest BCUT2D eigenvalue weighted by Gasteiger charge is -2.01. The van der Waals surface area contributed by atoms with Crippen molar-refractivity contribution in [2.24, 2.45) is 0 Å². The molecule has 0 aliphatic heterocycles. The summed E-state index contributed by atoms with van der Waals surface area (Å²) >= 11 is 2.10. The van der Waals surface area contributed by atoms with Crippen LogP contribution in [0.3, 0.4) is 0 Å². The summed E-state index contributed by atoms with van der Waals surface area (Å²) in [7, 11) is 0. The van der Waals surface area contributed by atoms with Crippen LogP contribution in [-0.4, -0.2) is 16.1 Å². The molecule has 0 amide bonds. The second kappa shape index (κ2) is 3.53. The first-order valence-electron chi connectivity index (χ1n) is 3.97. The van der Waals surface area contributed by atoms with Gasteiger partial charge in [-0.05, 0) is 46.9 Å². The zero-order valence-electron chi connectivity index (χ0n) is 7.07. The summed E-state index contributed by atoms with van der Waals surface area (Å²) in [5.41, 5.74) is 1.02. The summed E-state index contributed by atoms with van der Waals surface area (Å²) < 4.78 is 0.859. The predicted octanol–water partition coefficient (Wildman–Crippen LogP) is 2.54. The van der Waals surface area contributed by atoms with Gasteiger partial charge in [0.25, 0.3) is 0 Å². The molecule has 4 heteroatoms. The van der Waals surface area contributed by atoms with E-state index in [4.69, 9.17) is 5.11 Å². The highest BCUT2D eigenvalue weighted by Gasteiger charge is 2.07. The lowest BCUT2D eigenvalue weighted by atomic mass is 10.1. The number of carbonyl (C=O) groups is 1. The Labute approximate surface area is 93.9 Å². The van der Waals surface area contributed by atoms with Crippen molar-refractivity contribution >= 4 is 39.5 Å². The molecule has 0 radical (unpaired) electrons. The Morgan fingerprint density at radius 3 is 2.79 bits per heavy atom. The van der Waals surface area contributed by atoms with Crippen molar-refractivity contribution in [3.8, 4) is 0 Å². The van der Waals surface area contributed by atoms with Crippen LogP contribution in [0.25, 0.3) is 10.9 Å². The predicted molar refractivity (Wildman–Crippen MR) is 61.4 cm³/mol. The Morgan fingerprint density at radius 1 is 1.29 bits per heavy atom. The van der Waals surface area contributed by atoms with Crippen molar-refractivity contribution in [1.29, 1.82) is 0 Å².